The normalized spacial score (nSPS) is 16.2. The molecule has 1 atom stereocenters. The van der Waals surface area contributed by atoms with Crippen molar-refractivity contribution in [2.75, 3.05) is 32.7 Å². The molecule has 0 bridgehead atoms. The van der Waals surface area contributed by atoms with Crippen molar-refractivity contribution in [2.24, 2.45) is 0 Å². The lowest BCUT2D eigenvalue weighted by atomic mass is 10.1. The van der Waals surface area contributed by atoms with Crippen molar-refractivity contribution in [3.8, 4) is 0 Å². The second-order valence-electron chi connectivity index (χ2n) is 6.50. The highest BCUT2D eigenvalue weighted by atomic mass is 35.5. The number of benzene rings is 1. The van der Waals surface area contributed by atoms with Crippen molar-refractivity contribution in [3.05, 3.63) is 58.0 Å². The van der Waals surface area contributed by atoms with Crippen molar-refractivity contribution < 1.29 is 14.0 Å². The third-order valence-corrected chi connectivity index (χ3v) is 5.13. The Hall–Kier alpha value is -2.02. The number of hydrogen-bond donors (Lipinski definition) is 1. The largest absolute Gasteiger partial charge is 0.459 e. The molecular weight excluding hydrogens is 389 g/mol. The minimum Gasteiger partial charge on any atom is -0.459 e. The molecule has 144 valence electrons. The van der Waals surface area contributed by atoms with Crippen LogP contribution in [0.1, 0.15) is 29.1 Å². The van der Waals surface area contributed by atoms with Crippen molar-refractivity contribution in [2.45, 2.75) is 13.0 Å². The van der Waals surface area contributed by atoms with E-state index in [1.54, 1.807) is 29.2 Å². The van der Waals surface area contributed by atoms with Gasteiger partial charge in [0.05, 0.1) is 18.8 Å². The summed E-state index contributed by atoms with van der Waals surface area (Å²) >= 11 is 12.1. The number of carbonyl (C=O) groups excluding carboxylic acids is 2. The van der Waals surface area contributed by atoms with E-state index in [1.165, 1.54) is 6.26 Å². The van der Waals surface area contributed by atoms with Gasteiger partial charge in [-0.3, -0.25) is 14.5 Å². The molecule has 0 spiro atoms. The fraction of sp³-hybridized carbons (Fsp3) is 0.368. The molecule has 0 aliphatic carbocycles. The molecule has 6 nitrogen and oxygen atoms in total. The molecular formula is C19H21Cl2N3O3. The lowest BCUT2D eigenvalue weighted by Crippen LogP contribution is -2.51. The van der Waals surface area contributed by atoms with Crippen LogP contribution in [0.15, 0.2) is 41.0 Å². The third-order valence-electron chi connectivity index (χ3n) is 4.57. The summed E-state index contributed by atoms with van der Waals surface area (Å²) in [6.45, 7) is 4.55. The highest BCUT2D eigenvalue weighted by Gasteiger charge is 2.25. The fourth-order valence-corrected chi connectivity index (χ4v) is 3.66. The number of hydrogen-bond acceptors (Lipinski definition) is 4. The Morgan fingerprint density at radius 2 is 1.93 bits per heavy atom. The molecule has 1 aliphatic heterocycles. The minimum absolute atomic E-state index is 0.0840. The topological polar surface area (TPSA) is 65.8 Å². The van der Waals surface area contributed by atoms with E-state index in [0.29, 0.717) is 42.0 Å². The maximum absolute atomic E-state index is 12.4. The predicted molar refractivity (Wildman–Crippen MR) is 104 cm³/mol. The van der Waals surface area contributed by atoms with Gasteiger partial charge in [0.15, 0.2) is 5.76 Å². The number of halogens is 2. The average Bonchev–Trinajstić information content (AvgIpc) is 3.16. The van der Waals surface area contributed by atoms with Crippen LogP contribution in [0, 0.1) is 0 Å². The summed E-state index contributed by atoms with van der Waals surface area (Å²) in [4.78, 5) is 28.4. The van der Waals surface area contributed by atoms with Crippen LogP contribution in [0.3, 0.4) is 0 Å². The molecule has 1 fully saturated rings. The van der Waals surface area contributed by atoms with Crippen molar-refractivity contribution >= 4 is 35.0 Å². The molecule has 2 amide bonds. The number of amides is 2. The van der Waals surface area contributed by atoms with Crippen LogP contribution in [-0.2, 0) is 4.79 Å². The van der Waals surface area contributed by atoms with E-state index >= 15 is 0 Å². The predicted octanol–water partition coefficient (Wildman–Crippen LogP) is 3.22. The lowest BCUT2D eigenvalue weighted by Gasteiger charge is -2.34. The quantitative estimate of drug-likeness (QED) is 0.822. The van der Waals surface area contributed by atoms with Crippen molar-refractivity contribution in [3.63, 3.8) is 0 Å². The molecule has 1 aromatic carbocycles. The first-order chi connectivity index (χ1) is 12.9. The van der Waals surface area contributed by atoms with E-state index in [-0.39, 0.29) is 24.4 Å². The van der Waals surface area contributed by atoms with Crippen LogP contribution in [0.4, 0.5) is 0 Å². The Balaban J connectivity index is 1.47. The summed E-state index contributed by atoms with van der Waals surface area (Å²) in [5.74, 6) is 0.143. The first-order valence-electron chi connectivity index (χ1n) is 8.73. The van der Waals surface area contributed by atoms with E-state index in [9.17, 15) is 9.59 Å². The van der Waals surface area contributed by atoms with Crippen molar-refractivity contribution in [1.82, 2.24) is 15.1 Å². The Morgan fingerprint density at radius 1 is 1.19 bits per heavy atom. The maximum atomic E-state index is 12.4. The van der Waals surface area contributed by atoms with Crippen LogP contribution in [-0.4, -0.2) is 54.3 Å². The van der Waals surface area contributed by atoms with Gasteiger partial charge in [0.2, 0.25) is 5.91 Å². The molecule has 1 aliphatic rings. The smallest absolute Gasteiger partial charge is 0.289 e. The summed E-state index contributed by atoms with van der Waals surface area (Å²) < 4.78 is 5.15. The summed E-state index contributed by atoms with van der Waals surface area (Å²) in [7, 11) is 0. The number of nitrogens with zero attached hydrogens (tertiary/aromatic N) is 2. The Kier molecular flexibility index (Phi) is 6.42. The van der Waals surface area contributed by atoms with Gasteiger partial charge in [0, 0.05) is 36.2 Å². The van der Waals surface area contributed by atoms with Crippen LogP contribution >= 0.6 is 23.2 Å². The molecule has 2 heterocycles. The van der Waals surface area contributed by atoms with Gasteiger partial charge in [-0.25, -0.2) is 0 Å². The summed E-state index contributed by atoms with van der Waals surface area (Å²) in [5, 5.41) is 4.04. The summed E-state index contributed by atoms with van der Waals surface area (Å²) in [6, 6.07) is 8.36. The summed E-state index contributed by atoms with van der Waals surface area (Å²) in [5.41, 5.74) is 0.822. The minimum atomic E-state index is -0.218. The van der Waals surface area contributed by atoms with Gasteiger partial charge in [0.1, 0.15) is 0 Å². The van der Waals surface area contributed by atoms with Gasteiger partial charge < -0.3 is 14.6 Å². The van der Waals surface area contributed by atoms with Gasteiger partial charge in [-0.15, -0.1) is 0 Å². The second kappa shape index (κ2) is 8.78. The van der Waals surface area contributed by atoms with Gasteiger partial charge in [0.25, 0.3) is 5.91 Å². The van der Waals surface area contributed by atoms with Crippen molar-refractivity contribution in [1.29, 1.82) is 0 Å². The van der Waals surface area contributed by atoms with E-state index in [2.05, 4.69) is 5.32 Å². The van der Waals surface area contributed by atoms with E-state index < -0.39 is 0 Å². The Bertz CT molecular complexity index is 803. The molecule has 1 unspecified atom stereocenters. The standard InChI is InChI=1S/C19H21Cl2N3O3/c1-13(15-5-4-14(20)11-16(15)21)22-18(25)12-23-6-8-24(9-7-23)19(26)17-3-2-10-27-17/h2-5,10-11,13H,6-9,12H2,1H3,(H,22,25). The van der Waals surface area contributed by atoms with Gasteiger partial charge in [-0.05, 0) is 36.8 Å². The van der Waals surface area contributed by atoms with Crippen LogP contribution in [0.2, 0.25) is 10.0 Å². The second-order valence-corrected chi connectivity index (χ2v) is 7.34. The molecule has 0 radical (unpaired) electrons. The molecule has 3 rings (SSSR count). The molecule has 0 saturated carbocycles. The zero-order valence-electron chi connectivity index (χ0n) is 15.0. The first kappa shape index (κ1) is 19.7. The van der Waals surface area contributed by atoms with Gasteiger partial charge in [-0.1, -0.05) is 29.3 Å². The van der Waals surface area contributed by atoms with Crippen LogP contribution < -0.4 is 5.32 Å². The van der Waals surface area contributed by atoms with Crippen LogP contribution in [0.25, 0.3) is 0 Å². The van der Waals surface area contributed by atoms with E-state index in [4.69, 9.17) is 27.6 Å². The lowest BCUT2D eigenvalue weighted by molar-refractivity contribution is -0.123. The van der Waals surface area contributed by atoms with Crippen LogP contribution in [0.5, 0.6) is 0 Å². The number of furan rings is 1. The Morgan fingerprint density at radius 3 is 2.56 bits per heavy atom. The molecule has 2 aromatic rings. The zero-order chi connectivity index (χ0) is 19.4. The molecule has 27 heavy (non-hydrogen) atoms. The molecule has 1 saturated heterocycles. The third kappa shape index (κ3) is 5.03. The molecule has 1 aromatic heterocycles. The number of rotatable bonds is 5. The summed E-state index contributed by atoms with van der Waals surface area (Å²) in [6.07, 6.45) is 1.49. The monoisotopic (exact) mass is 409 g/mol. The average molecular weight is 410 g/mol. The number of nitrogens with one attached hydrogen (secondary N) is 1. The fourth-order valence-electron chi connectivity index (χ4n) is 3.09. The molecule has 8 heteroatoms. The Labute approximate surface area is 168 Å². The highest BCUT2D eigenvalue weighted by Crippen LogP contribution is 2.26. The number of piperazine rings is 1. The highest BCUT2D eigenvalue weighted by molar-refractivity contribution is 6.35. The number of carbonyl (C=O) groups is 2. The maximum Gasteiger partial charge on any atom is 0.289 e. The van der Waals surface area contributed by atoms with E-state index in [0.717, 1.165) is 5.56 Å². The zero-order valence-corrected chi connectivity index (χ0v) is 16.5. The SMILES string of the molecule is CC(NC(=O)CN1CCN(C(=O)c2ccco2)CC1)c1ccc(Cl)cc1Cl. The van der Waals surface area contributed by atoms with E-state index in [1.807, 2.05) is 17.9 Å². The first-order valence-corrected chi connectivity index (χ1v) is 9.49. The van der Waals surface area contributed by atoms with Gasteiger partial charge in [-0.2, -0.15) is 0 Å². The molecule has 1 N–H and O–H groups in total. The van der Waals surface area contributed by atoms with Gasteiger partial charge >= 0.3 is 0 Å².